The molecule has 0 fully saturated rings. The quantitative estimate of drug-likeness (QED) is 0.498. The fourth-order valence-electron chi connectivity index (χ4n) is 2.39. The minimum Gasteiger partial charge on any atom is -0.502 e. The number of carbonyl (C=O) groups is 1. The maximum absolute atomic E-state index is 13.7. The Balaban J connectivity index is 1.81. The van der Waals surface area contributed by atoms with Gasteiger partial charge < -0.3 is 9.84 Å². The number of rotatable bonds is 5. The molecule has 1 heterocycles. The van der Waals surface area contributed by atoms with E-state index in [1.165, 1.54) is 30.6 Å². The number of aromatic nitrogens is 1. The third-order valence-corrected chi connectivity index (χ3v) is 4.50. The van der Waals surface area contributed by atoms with Crippen LogP contribution < -0.4 is 10.1 Å². The monoisotopic (exact) mass is 395 g/mol. The summed E-state index contributed by atoms with van der Waals surface area (Å²) in [4.78, 5) is 16.7. The van der Waals surface area contributed by atoms with E-state index in [0.717, 1.165) is 11.6 Å². The molecule has 0 saturated carbocycles. The molecule has 1 aromatic heterocycles. The summed E-state index contributed by atoms with van der Waals surface area (Å²) in [6, 6.07) is 13.6. The Hall–Kier alpha value is -3.70. The van der Waals surface area contributed by atoms with E-state index in [1.54, 1.807) is 11.4 Å². The van der Waals surface area contributed by atoms with Crippen molar-refractivity contribution in [3.8, 4) is 28.8 Å². The third kappa shape index (κ3) is 4.16. The summed E-state index contributed by atoms with van der Waals surface area (Å²) >= 11 is 1.22. The number of amides is 1. The van der Waals surface area contributed by atoms with Crippen molar-refractivity contribution in [1.29, 1.82) is 5.26 Å². The highest BCUT2D eigenvalue weighted by Crippen LogP contribution is 2.31. The van der Waals surface area contributed by atoms with E-state index in [9.17, 15) is 19.6 Å². The highest BCUT2D eigenvalue weighted by atomic mass is 32.1. The number of nitriles is 1. The van der Waals surface area contributed by atoms with Crippen molar-refractivity contribution in [2.24, 2.45) is 0 Å². The van der Waals surface area contributed by atoms with Gasteiger partial charge in [-0.15, -0.1) is 11.3 Å². The maximum Gasteiger partial charge on any atom is 0.268 e. The number of phenolic OH excluding ortho intramolecular Hbond substituents is 1. The molecular weight excluding hydrogens is 381 g/mol. The largest absolute Gasteiger partial charge is 0.502 e. The van der Waals surface area contributed by atoms with Crippen LogP contribution in [0.4, 0.5) is 9.52 Å². The first kappa shape index (κ1) is 19.1. The van der Waals surface area contributed by atoms with Crippen LogP contribution in [-0.4, -0.2) is 23.1 Å². The van der Waals surface area contributed by atoms with Crippen molar-refractivity contribution in [3.63, 3.8) is 0 Å². The number of aromatic hydroxyl groups is 1. The molecule has 0 radical (unpaired) electrons. The second-order valence-corrected chi connectivity index (χ2v) is 6.44. The van der Waals surface area contributed by atoms with Crippen LogP contribution >= 0.6 is 11.3 Å². The third-order valence-electron chi connectivity index (χ3n) is 3.74. The molecule has 3 aromatic rings. The average Bonchev–Trinajstić information content (AvgIpc) is 3.17. The van der Waals surface area contributed by atoms with Gasteiger partial charge in [0.05, 0.1) is 12.8 Å². The molecule has 140 valence electrons. The van der Waals surface area contributed by atoms with Gasteiger partial charge >= 0.3 is 0 Å². The van der Waals surface area contributed by atoms with Gasteiger partial charge in [0, 0.05) is 10.9 Å². The number of nitrogens with zero attached hydrogens (tertiary/aromatic N) is 2. The highest BCUT2D eigenvalue weighted by molar-refractivity contribution is 7.14. The summed E-state index contributed by atoms with van der Waals surface area (Å²) in [6.07, 6.45) is 1.20. The molecule has 3 rings (SSSR count). The predicted molar refractivity (Wildman–Crippen MR) is 104 cm³/mol. The van der Waals surface area contributed by atoms with Gasteiger partial charge in [-0.2, -0.15) is 5.26 Å². The van der Waals surface area contributed by atoms with E-state index in [4.69, 9.17) is 4.74 Å². The van der Waals surface area contributed by atoms with Gasteiger partial charge in [0.25, 0.3) is 5.91 Å². The fourth-order valence-corrected chi connectivity index (χ4v) is 3.10. The molecular formula is C20H14FN3O3S. The highest BCUT2D eigenvalue weighted by Gasteiger charge is 2.15. The zero-order valence-electron chi connectivity index (χ0n) is 14.6. The van der Waals surface area contributed by atoms with Crippen molar-refractivity contribution in [3.05, 3.63) is 64.8 Å². The summed E-state index contributed by atoms with van der Waals surface area (Å²) in [5.74, 6) is -2.34. The van der Waals surface area contributed by atoms with Gasteiger partial charge in [0.1, 0.15) is 11.6 Å². The normalized spacial score (nSPS) is 11.0. The van der Waals surface area contributed by atoms with E-state index >= 15 is 0 Å². The van der Waals surface area contributed by atoms with Crippen LogP contribution in [0.25, 0.3) is 17.3 Å². The van der Waals surface area contributed by atoms with Crippen LogP contribution in [0.3, 0.4) is 0 Å². The number of hydrogen-bond donors (Lipinski definition) is 2. The number of hydrogen-bond acceptors (Lipinski definition) is 6. The maximum atomic E-state index is 13.7. The molecule has 0 saturated heterocycles. The van der Waals surface area contributed by atoms with Gasteiger partial charge in [0.2, 0.25) is 0 Å². The summed E-state index contributed by atoms with van der Waals surface area (Å²) in [5.41, 5.74) is 1.56. The molecule has 1 amide bonds. The molecule has 0 unspecified atom stereocenters. The van der Waals surface area contributed by atoms with E-state index in [0.29, 0.717) is 10.8 Å². The molecule has 2 N–H and O–H groups in total. The lowest BCUT2D eigenvalue weighted by atomic mass is 10.1. The zero-order valence-corrected chi connectivity index (χ0v) is 15.5. The van der Waals surface area contributed by atoms with Crippen LogP contribution in [-0.2, 0) is 4.79 Å². The molecule has 0 atom stereocenters. The van der Waals surface area contributed by atoms with Crippen molar-refractivity contribution in [2.45, 2.75) is 0 Å². The average molecular weight is 395 g/mol. The van der Waals surface area contributed by atoms with E-state index < -0.39 is 17.5 Å². The number of anilines is 1. The van der Waals surface area contributed by atoms with Crippen LogP contribution in [0.5, 0.6) is 11.5 Å². The van der Waals surface area contributed by atoms with Crippen LogP contribution in [0.15, 0.2) is 53.4 Å². The van der Waals surface area contributed by atoms with Gasteiger partial charge in [-0.05, 0) is 23.8 Å². The van der Waals surface area contributed by atoms with Gasteiger partial charge in [-0.3, -0.25) is 10.1 Å². The number of phenols is 1. The van der Waals surface area contributed by atoms with Gasteiger partial charge in [-0.25, -0.2) is 9.37 Å². The molecule has 28 heavy (non-hydrogen) atoms. The zero-order chi connectivity index (χ0) is 20.1. The molecule has 2 aromatic carbocycles. The van der Waals surface area contributed by atoms with Gasteiger partial charge in [0.15, 0.2) is 22.4 Å². The molecule has 6 nitrogen and oxygen atoms in total. The lowest BCUT2D eigenvalue weighted by Gasteiger charge is -2.06. The number of methoxy groups -OCH3 is 1. The predicted octanol–water partition coefficient (Wildman–Crippen LogP) is 4.21. The Morgan fingerprint density at radius 3 is 2.79 bits per heavy atom. The Morgan fingerprint density at radius 1 is 1.36 bits per heavy atom. The minimum atomic E-state index is -0.921. The summed E-state index contributed by atoms with van der Waals surface area (Å²) < 4.78 is 18.6. The standard InChI is InChI=1S/C20H14FN3O3S/c1-27-17-9-12(8-15(21)18(17)25)7-14(10-22)19(26)24-20-23-16(11-28-20)13-5-3-2-4-6-13/h2-9,11,25H,1H3,(H,23,24,26)/b14-7+. The molecule has 0 spiro atoms. The molecule has 8 heteroatoms. The van der Waals surface area contributed by atoms with Crippen molar-refractivity contribution >= 4 is 28.5 Å². The lowest BCUT2D eigenvalue weighted by molar-refractivity contribution is -0.112. The second kappa shape index (κ2) is 8.33. The van der Waals surface area contributed by atoms with Crippen LogP contribution in [0.1, 0.15) is 5.56 Å². The number of benzene rings is 2. The van der Waals surface area contributed by atoms with Crippen LogP contribution in [0, 0.1) is 17.1 Å². The lowest BCUT2D eigenvalue weighted by Crippen LogP contribution is -2.13. The molecule has 0 aliphatic carbocycles. The smallest absolute Gasteiger partial charge is 0.268 e. The number of nitrogens with one attached hydrogen (secondary N) is 1. The molecule has 0 bridgehead atoms. The fraction of sp³-hybridized carbons (Fsp3) is 0.0500. The first-order valence-electron chi connectivity index (χ1n) is 8.02. The Labute approximate surface area is 164 Å². The Kier molecular flexibility index (Phi) is 5.67. The topological polar surface area (TPSA) is 95.2 Å². The first-order chi connectivity index (χ1) is 13.5. The minimum absolute atomic E-state index is 0.101. The van der Waals surface area contributed by atoms with E-state index in [-0.39, 0.29) is 16.9 Å². The van der Waals surface area contributed by atoms with E-state index in [1.807, 2.05) is 30.3 Å². The Morgan fingerprint density at radius 2 is 2.11 bits per heavy atom. The van der Waals surface area contributed by atoms with E-state index in [2.05, 4.69) is 10.3 Å². The van der Waals surface area contributed by atoms with Crippen LogP contribution in [0.2, 0.25) is 0 Å². The Bertz CT molecular complexity index is 1090. The molecule has 0 aliphatic heterocycles. The number of ether oxygens (including phenoxy) is 1. The SMILES string of the molecule is COc1cc(/C=C(\C#N)C(=O)Nc2nc(-c3ccccc3)cs2)cc(F)c1O. The number of carbonyl (C=O) groups excluding carboxylic acids is 1. The summed E-state index contributed by atoms with van der Waals surface area (Å²) in [5, 5.41) is 23.5. The summed E-state index contributed by atoms with van der Waals surface area (Å²) in [6.45, 7) is 0. The van der Waals surface area contributed by atoms with Crippen molar-refractivity contribution in [2.75, 3.05) is 12.4 Å². The second-order valence-electron chi connectivity index (χ2n) is 5.58. The summed E-state index contributed by atoms with van der Waals surface area (Å²) in [7, 11) is 1.27. The van der Waals surface area contributed by atoms with Crippen molar-refractivity contribution < 1.29 is 19.0 Å². The van der Waals surface area contributed by atoms with Gasteiger partial charge in [-0.1, -0.05) is 30.3 Å². The number of halogens is 1. The first-order valence-corrected chi connectivity index (χ1v) is 8.90. The molecule has 0 aliphatic rings. The van der Waals surface area contributed by atoms with Crippen molar-refractivity contribution in [1.82, 2.24) is 4.98 Å². The number of thiazole rings is 1.